The predicted octanol–water partition coefficient (Wildman–Crippen LogP) is 2.96. The highest BCUT2D eigenvalue weighted by Gasteiger charge is 2.32. The molecule has 2 heterocycles. The third-order valence-corrected chi connectivity index (χ3v) is 4.97. The first-order chi connectivity index (χ1) is 10.6. The van der Waals surface area contributed by atoms with E-state index in [0.29, 0.717) is 18.9 Å². The monoisotopic (exact) mass is 310 g/mol. The number of halogens is 1. The van der Waals surface area contributed by atoms with E-state index >= 15 is 0 Å². The summed E-state index contributed by atoms with van der Waals surface area (Å²) in [5.41, 5.74) is -0.0724. The summed E-state index contributed by atoms with van der Waals surface area (Å²) in [5.74, 6) is 0.711. The van der Waals surface area contributed by atoms with Crippen molar-refractivity contribution >= 4 is 5.69 Å². The highest BCUT2D eigenvalue weighted by Crippen LogP contribution is 2.29. The van der Waals surface area contributed by atoms with Gasteiger partial charge in [0.25, 0.3) is 0 Å². The smallest absolute Gasteiger partial charge is 0.300 e. The largest absolute Gasteiger partial charge is 0.307 e. The Morgan fingerprint density at radius 3 is 2.73 bits per heavy atom. The van der Waals surface area contributed by atoms with Gasteiger partial charge in [0.2, 0.25) is 0 Å². The van der Waals surface area contributed by atoms with E-state index in [1.54, 1.807) is 0 Å². The first-order valence-corrected chi connectivity index (χ1v) is 8.18. The molecule has 3 rings (SSSR count). The lowest BCUT2D eigenvalue weighted by Gasteiger charge is -2.37. The lowest BCUT2D eigenvalue weighted by Crippen LogP contribution is -2.44. The van der Waals surface area contributed by atoms with Gasteiger partial charge in [-0.3, -0.25) is 14.8 Å². The summed E-state index contributed by atoms with van der Waals surface area (Å²) in [6.07, 6.45) is 8.65. The van der Waals surface area contributed by atoms with Gasteiger partial charge >= 0.3 is 5.69 Å². The minimum Gasteiger partial charge on any atom is -0.300 e. The van der Waals surface area contributed by atoms with Crippen LogP contribution >= 0.6 is 0 Å². The number of hydrogen-bond donors (Lipinski definition) is 0. The average Bonchev–Trinajstić information content (AvgIpc) is 2.98. The zero-order valence-corrected chi connectivity index (χ0v) is 12.7. The van der Waals surface area contributed by atoms with E-state index in [4.69, 9.17) is 0 Å². The fourth-order valence-electron chi connectivity index (χ4n) is 3.76. The second kappa shape index (κ2) is 6.73. The highest BCUT2D eigenvalue weighted by molar-refractivity contribution is 5.21. The minimum absolute atomic E-state index is 0.0724. The Balaban J connectivity index is 1.56. The zero-order chi connectivity index (χ0) is 15.5. The fourth-order valence-corrected chi connectivity index (χ4v) is 3.76. The lowest BCUT2D eigenvalue weighted by molar-refractivity contribution is -0.385. The van der Waals surface area contributed by atoms with Crippen LogP contribution in [0.1, 0.15) is 44.6 Å². The molecule has 7 heteroatoms. The van der Waals surface area contributed by atoms with E-state index in [1.807, 2.05) is 0 Å². The molecule has 122 valence electrons. The second-order valence-electron chi connectivity index (χ2n) is 6.57. The van der Waals surface area contributed by atoms with Crippen molar-refractivity contribution in [2.45, 2.75) is 50.7 Å². The molecule has 1 saturated carbocycles. The Labute approximate surface area is 129 Å². The van der Waals surface area contributed by atoms with E-state index < -0.39 is 11.1 Å². The summed E-state index contributed by atoms with van der Waals surface area (Å²) >= 11 is 0. The number of alkyl halides is 1. The third kappa shape index (κ3) is 3.45. The molecule has 1 saturated heterocycles. The molecule has 2 atom stereocenters. The number of nitro groups is 1. The fraction of sp³-hybridized carbons (Fsp3) is 0.800. The molecular formula is C15H23FN4O2. The normalized spacial score (nSPS) is 27.9. The molecule has 0 unspecified atom stereocenters. The van der Waals surface area contributed by atoms with E-state index in [1.165, 1.54) is 49.2 Å². The molecule has 0 aromatic carbocycles. The molecule has 0 N–H and O–H groups in total. The Bertz CT molecular complexity index is 515. The number of nitrogens with zero attached hydrogens (tertiary/aromatic N) is 4. The SMILES string of the molecule is O=[N+]([O-])c1cnn([C@@H]2CCN(CC3CCCCC3)C[C@H]2F)c1. The molecule has 1 aromatic heterocycles. The molecule has 6 nitrogen and oxygen atoms in total. The van der Waals surface area contributed by atoms with Crippen molar-refractivity contribution in [3.8, 4) is 0 Å². The van der Waals surface area contributed by atoms with Crippen molar-refractivity contribution in [3.05, 3.63) is 22.5 Å². The first-order valence-electron chi connectivity index (χ1n) is 8.18. The Kier molecular flexibility index (Phi) is 4.71. The van der Waals surface area contributed by atoms with Crippen molar-refractivity contribution in [2.75, 3.05) is 19.6 Å². The van der Waals surface area contributed by atoms with Gasteiger partial charge in [0.05, 0.1) is 11.0 Å². The topological polar surface area (TPSA) is 64.2 Å². The van der Waals surface area contributed by atoms with Crippen molar-refractivity contribution in [3.63, 3.8) is 0 Å². The lowest BCUT2D eigenvalue weighted by atomic mass is 9.88. The summed E-state index contributed by atoms with van der Waals surface area (Å²) in [6.45, 7) is 2.25. The summed E-state index contributed by atoms with van der Waals surface area (Å²) in [7, 11) is 0. The number of hydrogen-bond acceptors (Lipinski definition) is 4. The van der Waals surface area contributed by atoms with Crippen molar-refractivity contribution in [1.29, 1.82) is 0 Å². The van der Waals surface area contributed by atoms with Crippen molar-refractivity contribution < 1.29 is 9.31 Å². The summed E-state index contributed by atoms with van der Waals surface area (Å²) in [4.78, 5) is 12.4. The summed E-state index contributed by atoms with van der Waals surface area (Å²) in [6, 6.07) is -0.378. The van der Waals surface area contributed by atoms with Crippen LogP contribution in [0.5, 0.6) is 0 Å². The first kappa shape index (κ1) is 15.4. The van der Waals surface area contributed by atoms with Gasteiger partial charge in [-0.25, -0.2) is 4.39 Å². The second-order valence-corrected chi connectivity index (χ2v) is 6.57. The van der Waals surface area contributed by atoms with Crippen LogP contribution in [0.4, 0.5) is 10.1 Å². The van der Waals surface area contributed by atoms with E-state index in [9.17, 15) is 14.5 Å². The predicted molar refractivity (Wildman–Crippen MR) is 80.4 cm³/mol. The van der Waals surface area contributed by atoms with Crippen LogP contribution in [0, 0.1) is 16.0 Å². The van der Waals surface area contributed by atoms with Gasteiger partial charge in [0, 0.05) is 19.6 Å². The maximum atomic E-state index is 14.5. The quantitative estimate of drug-likeness (QED) is 0.633. The molecule has 2 fully saturated rings. The number of likely N-dealkylation sites (tertiary alicyclic amines) is 1. The standard InChI is InChI=1S/C15H23FN4O2/c16-14-11-18(9-12-4-2-1-3-5-12)7-6-15(14)19-10-13(8-17-19)20(21)22/h8,10,12,14-15H,1-7,9,11H2/t14-,15-/m1/s1. The van der Waals surface area contributed by atoms with Crippen LogP contribution in [0.2, 0.25) is 0 Å². The average molecular weight is 310 g/mol. The Hall–Kier alpha value is -1.50. The van der Waals surface area contributed by atoms with Crippen molar-refractivity contribution in [1.82, 2.24) is 14.7 Å². The van der Waals surface area contributed by atoms with Crippen LogP contribution < -0.4 is 0 Å². The van der Waals surface area contributed by atoms with E-state index in [2.05, 4.69) is 10.00 Å². The molecule has 2 aliphatic rings. The molecule has 0 amide bonds. The number of piperidine rings is 1. The molecule has 1 aliphatic heterocycles. The maximum absolute atomic E-state index is 14.5. The molecule has 1 aromatic rings. The van der Waals surface area contributed by atoms with Crippen LogP contribution in [0.15, 0.2) is 12.4 Å². The molecule has 22 heavy (non-hydrogen) atoms. The van der Waals surface area contributed by atoms with Crippen LogP contribution in [-0.2, 0) is 0 Å². The summed E-state index contributed by atoms with van der Waals surface area (Å²) in [5, 5.41) is 14.7. The minimum atomic E-state index is -1.02. The number of aromatic nitrogens is 2. The van der Waals surface area contributed by atoms with Crippen LogP contribution in [0.25, 0.3) is 0 Å². The maximum Gasteiger partial charge on any atom is 0.307 e. The molecule has 0 spiro atoms. The summed E-state index contributed by atoms with van der Waals surface area (Å²) < 4.78 is 15.9. The number of rotatable bonds is 4. The van der Waals surface area contributed by atoms with Gasteiger partial charge in [0.15, 0.2) is 0 Å². The molecule has 0 radical (unpaired) electrons. The third-order valence-electron chi connectivity index (χ3n) is 4.97. The Morgan fingerprint density at radius 1 is 1.32 bits per heavy atom. The van der Waals surface area contributed by atoms with Gasteiger partial charge in [-0.15, -0.1) is 0 Å². The zero-order valence-electron chi connectivity index (χ0n) is 12.7. The molecular weight excluding hydrogens is 287 g/mol. The highest BCUT2D eigenvalue weighted by atomic mass is 19.1. The van der Waals surface area contributed by atoms with Crippen LogP contribution in [-0.4, -0.2) is 45.4 Å². The van der Waals surface area contributed by atoms with Gasteiger partial charge < -0.3 is 4.90 Å². The molecule has 0 bridgehead atoms. The van der Waals surface area contributed by atoms with Crippen molar-refractivity contribution in [2.24, 2.45) is 5.92 Å². The van der Waals surface area contributed by atoms with E-state index in [-0.39, 0.29) is 11.7 Å². The van der Waals surface area contributed by atoms with E-state index in [0.717, 1.165) is 13.1 Å². The van der Waals surface area contributed by atoms with Gasteiger partial charge in [0.1, 0.15) is 18.6 Å². The Morgan fingerprint density at radius 2 is 2.09 bits per heavy atom. The van der Waals surface area contributed by atoms with Gasteiger partial charge in [-0.05, 0) is 25.2 Å². The van der Waals surface area contributed by atoms with Gasteiger partial charge in [-0.2, -0.15) is 5.10 Å². The van der Waals surface area contributed by atoms with Gasteiger partial charge in [-0.1, -0.05) is 19.3 Å². The molecule has 1 aliphatic carbocycles. The van der Waals surface area contributed by atoms with Crippen LogP contribution in [0.3, 0.4) is 0 Å².